The van der Waals surface area contributed by atoms with Gasteiger partial charge in [-0.05, 0) is 25.0 Å². The van der Waals surface area contributed by atoms with E-state index >= 15 is 0 Å². The summed E-state index contributed by atoms with van der Waals surface area (Å²) in [5.74, 6) is 0. The topological polar surface area (TPSA) is 24.5 Å². The van der Waals surface area contributed by atoms with Crippen molar-refractivity contribution in [2.45, 2.75) is 19.4 Å². The Balaban J connectivity index is 2.17. The van der Waals surface area contributed by atoms with Crippen molar-refractivity contribution >= 4 is 5.69 Å². The van der Waals surface area contributed by atoms with E-state index in [9.17, 15) is 0 Å². The number of methoxy groups -OCH3 is 1. The molecule has 1 aromatic carbocycles. The second kappa shape index (κ2) is 6.03. The molecule has 1 heterocycles. The Labute approximate surface area is 104 Å². The van der Waals surface area contributed by atoms with Gasteiger partial charge >= 0.3 is 0 Å². The van der Waals surface area contributed by atoms with Crippen molar-refractivity contribution in [1.82, 2.24) is 5.32 Å². The molecule has 94 valence electrons. The van der Waals surface area contributed by atoms with Crippen LogP contribution in [0.15, 0.2) is 24.3 Å². The molecular weight excluding hydrogens is 212 g/mol. The largest absolute Gasteiger partial charge is 0.384 e. The van der Waals surface area contributed by atoms with E-state index in [2.05, 4.69) is 41.4 Å². The van der Waals surface area contributed by atoms with Crippen molar-refractivity contribution in [3.05, 3.63) is 29.8 Å². The van der Waals surface area contributed by atoms with E-state index in [1.165, 1.54) is 11.3 Å². The molecule has 1 unspecified atom stereocenters. The summed E-state index contributed by atoms with van der Waals surface area (Å²) in [5.41, 5.74) is 2.77. The predicted molar refractivity (Wildman–Crippen MR) is 71.7 cm³/mol. The molecule has 1 atom stereocenters. The van der Waals surface area contributed by atoms with Gasteiger partial charge in [-0.3, -0.25) is 0 Å². The molecule has 0 bridgehead atoms. The van der Waals surface area contributed by atoms with Crippen LogP contribution in [0.3, 0.4) is 0 Å². The zero-order chi connectivity index (χ0) is 12.1. The lowest BCUT2D eigenvalue weighted by atomic mass is 10.1. The fourth-order valence-corrected chi connectivity index (χ4v) is 2.41. The van der Waals surface area contributed by atoms with Crippen molar-refractivity contribution in [3.8, 4) is 0 Å². The Bertz CT molecular complexity index is 354. The lowest BCUT2D eigenvalue weighted by Gasteiger charge is -2.37. The molecule has 17 heavy (non-hydrogen) atoms. The van der Waals surface area contributed by atoms with E-state index in [1.54, 1.807) is 7.11 Å². The molecule has 0 spiro atoms. The third-order valence-electron chi connectivity index (χ3n) is 3.38. The zero-order valence-electron chi connectivity index (χ0n) is 10.8. The lowest BCUT2D eigenvalue weighted by molar-refractivity contribution is 0.202. The number of para-hydroxylation sites is 1. The summed E-state index contributed by atoms with van der Waals surface area (Å²) in [4.78, 5) is 2.50. The molecule has 2 rings (SSSR count). The molecule has 3 nitrogen and oxygen atoms in total. The van der Waals surface area contributed by atoms with Gasteiger partial charge in [-0.25, -0.2) is 0 Å². The monoisotopic (exact) mass is 234 g/mol. The summed E-state index contributed by atoms with van der Waals surface area (Å²) < 4.78 is 5.18. The molecule has 1 aliphatic heterocycles. The van der Waals surface area contributed by atoms with Crippen molar-refractivity contribution in [3.63, 3.8) is 0 Å². The van der Waals surface area contributed by atoms with Gasteiger partial charge in [-0.1, -0.05) is 18.2 Å². The third kappa shape index (κ3) is 2.99. The maximum absolute atomic E-state index is 5.18. The van der Waals surface area contributed by atoms with Crippen LogP contribution in [0.5, 0.6) is 0 Å². The van der Waals surface area contributed by atoms with Crippen LogP contribution in [0.25, 0.3) is 0 Å². The molecule has 0 aliphatic carbocycles. The van der Waals surface area contributed by atoms with Gasteiger partial charge in [-0.15, -0.1) is 0 Å². The van der Waals surface area contributed by atoms with Crippen LogP contribution in [-0.2, 0) is 11.2 Å². The van der Waals surface area contributed by atoms with E-state index in [0.717, 1.165) is 32.7 Å². The molecular formula is C14H22N2O. The quantitative estimate of drug-likeness (QED) is 0.857. The zero-order valence-corrected chi connectivity index (χ0v) is 10.8. The first-order chi connectivity index (χ1) is 8.33. The van der Waals surface area contributed by atoms with Crippen LogP contribution in [0.1, 0.15) is 12.5 Å². The van der Waals surface area contributed by atoms with Gasteiger partial charge in [0, 0.05) is 38.5 Å². The Morgan fingerprint density at radius 3 is 3.00 bits per heavy atom. The maximum atomic E-state index is 5.18. The number of anilines is 1. The summed E-state index contributed by atoms with van der Waals surface area (Å²) >= 11 is 0. The van der Waals surface area contributed by atoms with Crippen LogP contribution in [0.2, 0.25) is 0 Å². The number of rotatable bonds is 4. The van der Waals surface area contributed by atoms with Crippen molar-refractivity contribution in [2.24, 2.45) is 0 Å². The highest BCUT2D eigenvalue weighted by Crippen LogP contribution is 2.23. The number of piperazine rings is 1. The highest BCUT2D eigenvalue weighted by Gasteiger charge is 2.19. The number of hydrogen-bond acceptors (Lipinski definition) is 3. The van der Waals surface area contributed by atoms with E-state index in [0.29, 0.717) is 6.04 Å². The van der Waals surface area contributed by atoms with Gasteiger partial charge in [0.15, 0.2) is 0 Å². The minimum atomic E-state index is 0.562. The number of nitrogens with zero attached hydrogens (tertiary/aromatic N) is 1. The number of hydrogen-bond donors (Lipinski definition) is 1. The minimum Gasteiger partial charge on any atom is -0.384 e. The number of ether oxygens (including phenoxy) is 1. The Kier molecular flexibility index (Phi) is 4.40. The molecule has 1 aromatic rings. The summed E-state index contributed by atoms with van der Waals surface area (Å²) in [6.45, 7) is 6.30. The third-order valence-corrected chi connectivity index (χ3v) is 3.38. The number of benzene rings is 1. The highest BCUT2D eigenvalue weighted by molar-refractivity contribution is 5.55. The molecule has 0 amide bonds. The summed E-state index contributed by atoms with van der Waals surface area (Å²) in [6, 6.07) is 9.24. The average molecular weight is 234 g/mol. The van der Waals surface area contributed by atoms with E-state index in [4.69, 9.17) is 4.74 Å². The van der Waals surface area contributed by atoms with Crippen molar-refractivity contribution in [2.75, 3.05) is 38.3 Å². The SMILES string of the molecule is COCCc1ccccc1N1CCNCC1C. The van der Waals surface area contributed by atoms with E-state index < -0.39 is 0 Å². The molecule has 0 saturated carbocycles. The van der Waals surface area contributed by atoms with Gasteiger partial charge in [0.2, 0.25) is 0 Å². The van der Waals surface area contributed by atoms with Gasteiger partial charge < -0.3 is 15.0 Å². The van der Waals surface area contributed by atoms with Crippen LogP contribution in [-0.4, -0.2) is 39.4 Å². The standard InChI is InChI=1S/C14H22N2O/c1-12-11-15-8-9-16(12)14-6-4-3-5-13(14)7-10-17-2/h3-6,12,15H,7-11H2,1-2H3. The Morgan fingerprint density at radius 1 is 1.41 bits per heavy atom. The number of nitrogens with one attached hydrogen (secondary N) is 1. The van der Waals surface area contributed by atoms with Crippen LogP contribution >= 0.6 is 0 Å². The second-order valence-electron chi connectivity index (χ2n) is 4.62. The maximum Gasteiger partial charge on any atom is 0.0503 e. The Morgan fingerprint density at radius 2 is 2.24 bits per heavy atom. The Hall–Kier alpha value is -1.06. The predicted octanol–water partition coefficient (Wildman–Crippen LogP) is 1.67. The van der Waals surface area contributed by atoms with Gasteiger partial charge in [0.25, 0.3) is 0 Å². The van der Waals surface area contributed by atoms with Crippen LogP contribution in [0.4, 0.5) is 5.69 Å². The first-order valence-corrected chi connectivity index (χ1v) is 6.37. The molecule has 1 aliphatic rings. The van der Waals surface area contributed by atoms with Gasteiger partial charge in [0.05, 0.1) is 6.61 Å². The van der Waals surface area contributed by atoms with Crippen molar-refractivity contribution in [1.29, 1.82) is 0 Å². The smallest absolute Gasteiger partial charge is 0.0503 e. The highest BCUT2D eigenvalue weighted by atomic mass is 16.5. The average Bonchev–Trinajstić information content (AvgIpc) is 2.37. The van der Waals surface area contributed by atoms with Gasteiger partial charge in [-0.2, -0.15) is 0 Å². The fourth-order valence-electron chi connectivity index (χ4n) is 2.41. The van der Waals surface area contributed by atoms with Crippen LogP contribution in [0, 0.1) is 0 Å². The first-order valence-electron chi connectivity index (χ1n) is 6.37. The molecule has 0 radical (unpaired) electrons. The summed E-state index contributed by atoms with van der Waals surface area (Å²) in [6.07, 6.45) is 0.989. The lowest BCUT2D eigenvalue weighted by Crippen LogP contribution is -2.50. The minimum absolute atomic E-state index is 0.562. The van der Waals surface area contributed by atoms with Crippen LogP contribution < -0.4 is 10.2 Å². The van der Waals surface area contributed by atoms with E-state index in [1.807, 2.05) is 0 Å². The molecule has 0 aromatic heterocycles. The molecule has 1 saturated heterocycles. The van der Waals surface area contributed by atoms with Crippen molar-refractivity contribution < 1.29 is 4.74 Å². The first kappa shape index (κ1) is 12.4. The fraction of sp³-hybridized carbons (Fsp3) is 0.571. The van der Waals surface area contributed by atoms with E-state index in [-0.39, 0.29) is 0 Å². The second-order valence-corrected chi connectivity index (χ2v) is 4.62. The summed E-state index contributed by atoms with van der Waals surface area (Å²) in [7, 11) is 1.76. The van der Waals surface area contributed by atoms with Gasteiger partial charge in [0.1, 0.15) is 0 Å². The normalized spacial score (nSPS) is 20.6. The summed E-state index contributed by atoms with van der Waals surface area (Å²) in [5, 5.41) is 3.43. The molecule has 1 fully saturated rings. The molecule has 3 heteroatoms. The molecule has 1 N–H and O–H groups in total.